The molecule has 4 heteroatoms. The van der Waals surface area contributed by atoms with Crippen LogP contribution >= 0.6 is 11.3 Å². The Labute approximate surface area is 120 Å². The summed E-state index contributed by atoms with van der Waals surface area (Å²) in [6, 6.07) is 14.4. The van der Waals surface area contributed by atoms with E-state index in [0.717, 1.165) is 23.1 Å². The maximum absolute atomic E-state index is 5.88. The third-order valence-corrected chi connectivity index (χ3v) is 4.56. The molecule has 2 aromatic heterocycles. The maximum atomic E-state index is 5.88. The zero-order valence-corrected chi connectivity index (χ0v) is 11.6. The van der Waals surface area contributed by atoms with E-state index < -0.39 is 0 Å². The summed E-state index contributed by atoms with van der Waals surface area (Å²) in [5.41, 5.74) is 9.04. The molecule has 0 unspecified atom stereocenters. The molecule has 3 nitrogen and oxygen atoms in total. The lowest BCUT2D eigenvalue weighted by molar-refractivity contribution is 0.717. The normalized spacial score (nSPS) is 11.4. The van der Waals surface area contributed by atoms with Crippen LogP contribution in [0.5, 0.6) is 0 Å². The Hall–Kier alpha value is -2.33. The number of hydrogen-bond acceptors (Lipinski definition) is 3. The summed E-state index contributed by atoms with van der Waals surface area (Å²) in [4.78, 5) is 0. The lowest BCUT2D eigenvalue weighted by Crippen LogP contribution is -2.00. The molecule has 2 aromatic carbocycles. The van der Waals surface area contributed by atoms with Crippen LogP contribution < -0.4 is 5.73 Å². The number of thiophene rings is 1. The van der Waals surface area contributed by atoms with Crippen molar-refractivity contribution in [1.82, 2.24) is 9.78 Å². The average Bonchev–Trinajstić information content (AvgIpc) is 3.05. The second-order valence-electron chi connectivity index (χ2n) is 4.88. The Bertz CT molecular complexity index is 904. The van der Waals surface area contributed by atoms with Gasteiger partial charge < -0.3 is 5.73 Å². The smallest absolute Gasteiger partial charge is 0.0706 e. The van der Waals surface area contributed by atoms with Gasteiger partial charge in [-0.1, -0.05) is 18.2 Å². The Morgan fingerprint density at radius 2 is 2.05 bits per heavy atom. The molecule has 98 valence electrons. The van der Waals surface area contributed by atoms with Crippen molar-refractivity contribution < 1.29 is 0 Å². The van der Waals surface area contributed by atoms with Gasteiger partial charge in [-0.05, 0) is 40.6 Å². The molecule has 0 fully saturated rings. The van der Waals surface area contributed by atoms with Crippen molar-refractivity contribution in [2.75, 3.05) is 5.73 Å². The first-order valence-corrected chi connectivity index (χ1v) is 7.35. The number of nitrogen functional groups attached to an aromatic ring is 1. The molecule has 4 rings (SSSR count). The van der Waals surface area contributed by atoms with Crippen LogP contribution in [0.4, 0.5) is 5.69 Å². The zero-order chi connectivity index (χ0) is 13.5. The number of benzene rings is 2. The van der Waals surface area contributed by atoms with Gasteiger partial charge in [0.05, 0.1) is 18.3 Å². The summed E-state index contributed by atoms with van der Waals surface area (Å²) >= 11 is 1.78. The number of aromatic nitrogens is 2. The molecule has 2 N–H and O–H groups in total. The van der Waals surface area contributed by atoms with Crippen molar-refractivity contribution in [3.8, 4) is 0 Å². The fourth-order valence-electron chi connectivity index (χ4n) is 2.53. The highest BCUT2D eigenvalue weighted by molar-refractivity contribution is 7.17. The van der Waals surface area contributed by atoms with Gasteiger partial charge in [0.15, 0.2) is 0 Å². The summed E-state index contributed by atoms with van der Waals surface area (Å²) in [6.45, 7) is 0.775. The Morgan fingerprint density at radius 1 is 1.15 bits per heavy atom. The lowest BCUT2D eigenvalue weighted by Gasteiger charge is -2.03. The monoisotopic (exact) mass is 279 g/mol. The summed E-state index contributed by atoms with van der Waals surface area (Å²) in [5.74, 6) is 0. The van der Waals surface area contributed by atoms with Crippen LogP contribution in [-0.2, 0) is 6.54 Å². The molecule has 0 aliphatic heterocycles. The third-order valence-electron chi connectivity index (χ3n) is 3.55. The Kier molecular flexibility index (Phi) is 2.50. The number of nitrogens with zero attached hydrogens (tertiary/aromatic N) is 2. The fourth-order valence-corrected chi connectivity index (χ4v) is 3.48. The molecular formula is C16H13N3S. The molecule has 0 aliphatic rings. The van der Waals surface area contributed by atoms with Gasteiger partial charge in [0.25, 0.3) is 0 Å². The average molecular weight is 279 g/mol. The van der Waals surface area contributed by atoms with E-state index in [0.29, 0.717) is 0 Å². The summed E-state index contributed by atoms with van der Waals surface area (Å²) in [5, 5.41) is 9.13. The predicted molar refractivity (Wildman–Crippen MR) is 85.1 cm³/mol. The molecule has 0 amide bonds. The molecule has 0 bridgehead atoms. The molecule has 0 saturated heterocycles. The maximum Gasteiger partial charge on any atom is 0.0706 e. The highest BCUT2D eigenvalue weighted by atomic mass is 32.1. The van der Waals surface area contributed by atoms with E-state index in [9.17, 15) is 0 Å². The van der Waals surface area contributed by atoms with Gasteiger partial charge >= 0.3 is 0 Å². The molecule has 0 atom stereocenters. The van der Waals surface area contributed by atoms with Crippen LogP contribution in [-0.4, -0.2) is 9.78 Å². The quantitative estimate of drug-likeness (QED) is 0.566. The second kappa shape index (κ2) is 4.35. The van der Waals surface area contributed by atoms with Crippen LogP contribution in [0.3, 0.4) is 0 Å². The fraction of sp³-hybridized carbons (Fsp3) is 0.0625. The van der Waals surface area contributed by atoms with E-state index in [2.05, 4.69) is 34.7 Å². The lowest BCUT2D eigenvalue weighted by atomic mass is 10.2. The van der Waals surface area contributed by atoms with Crippen molar-refractivity contribution in [3.63, 3.8) is 0 Å². The third kappa shape index (κ3) is 1.77. The minimum Gasteiger partial charge on any atom is -0.399 e. The van der Waals surface area contributed by atoms with E-state index in [-0.39, 0.29) is 0 Å². The molecule has 20 heavy (non-hydrogen) atoms. The second-order valence-corrected chi connectivity index (χ2v) is 5.79. The number of fused-ring (bicyclic) bond motifs is 2. The summed E-state index contributed by atoms with van der Waals surface area (Å²) in [7, 11) is 0. The van der Waals surface area contributed by atoms with Gasteiger partial charge in [0, 0.05) is 15.8 Å². The molecule has 4 aromatic rings. The number of nitrogens with two attached hydrogens (primary N) is 1. The molecule has 0 radical (unpaired) electrons. The van der Waals surface area contributed by atoms with Crippen molar-refractivity contribution in [2.24, 2.45) is 0 Å². The molecule has 0 spiro atoms. The summed E-state index contributed by atoms with van der Waals surface area (Å²) in [6.07, 6.45) is 1.89. The molecule has 0 saturated carbocycles. The highest BCUT2D eigenvalue weighted by Crippen LogP contribution is 2.27. The first kappa shape index (κ1) is 11.5. The van der Waals surface area contributed by atoms with E-state index in [4.69, 9.17) is 5.73 Å². The Morgan fingerprint density at radius 3 is 3.00 bits per heavy atom. The predicted octanol–water partition coefficient (Wildman–Crippen LogP) is 3.88. The van der Waals surface area contributed by atoms with Crippen molar-refractivity contribution in [2.45, 2.75) is 6.54 Å². The van der Waals surface area contributed by atoms with Gasteiger partial charge in [0.2, 0.25) is 0 Å². The van der Waals surface area contributed by atoms with Crippen LogP contribution in [0.2, 0.25) is 0 Å². The van der Waals surface area contributed by atoms with Gasteiger partial charge in [-0.3, -0.25) is 4.68 Å². The first-order chi connectivity index (χ1) is 9.81. The van der Waals surface area contributed by atoms with E-state index in [1.54, 1.807) is 11.3 Å². The largest absolute Gasteiger partial charge is 0.399 e. The zero-order valence-electron chi connectivity index (χ0n) is 10.8. The van der Waals surface area contributed by atoms with Gasteiger partial charge in [0.1, 0.15) is 0 Å². The van der Waals surface area contributed by atoms with E-state index >= 15 is 0 Å². The number of hydrogen-bond donors (Lipinski definition) is 1. The van der Waals surface area contributed by atoms with Crippen molar-refractivity contribution in [3.05, 3.63) is 59.6 Å². The standard InChI is InChI=1S/C16H13N3S/c17-13-6-5-11-8-18-19(15(11)7-13)9-12-10-20-16-4-2-1-3-14(12)16/h1-8,10H,9,17H2. The topological polar surface area (TPSA) is 43.8 Å². The molecule has 0 aliphatic carbocycles. The highest BCUT2D eigenvalue weighted by Gasteiger charge is 2.07. The SMILES string of the molecule is Nc1ccc2cnn(Cc3csc4ccccc34)c2c1. The van der Waals surface area contributed by atoms with Crippen LogP contribution in [0.25, 0.3) is 21.0 Å². The van der Waals surface area contributed by atoms with Crippen LogP contribution in [0.1, 0.15) is 5.56 Å². The minimum atomic E-state index is 0.773. The first-order valence-electron chi connectivity index (χ1n) is 6.47. The molecular weight excluding hydrogens is 266 g/mol. The van der Waals surface area contributed by atoms with Crippen molar-refractivity contribution in [1.29, 1.82) is 0 Å². The van der Waals surface area contributed by atoms with Crippen LogP contribution in [0, 0.1) is 0 Å². The van der Waals surface area contributed by atoms with Gasteiger partial charge in [-0.2, -0.15) is 5.10 Å². The van der Waals surface area contributed by atoms with E-state index in [1.165, 1.54) is 15.6 Å². The summed E-state index contributed by atoms with van der Waals surface area (Å²) < 4.78 is 3.33. The van der Waals surface area contributed by atoms with Gasteiger partial charge in [-0.15, -0.1) is 11.3 Å². The number of rotatable bonds is 2. The van der Waals surface area contributed by atoms with Gasteiger partial charge in [-0.25, -0.2) is 0 Å². The Balaban J connectivity index is 1.82. The van der Waals surface area contributed by atoms with Crippen molar-refractivity contribution >= 4 is 38.0 Å². The van der Waals surface area contributed by atoms with Crippen LogP contribution in [0.15, 0.2) is 54.0 Å². The van der Waals surface area contributed by atoms with E-state index in [1.807, 2.05) is 29.1 Å². The molecule has 2 heterocycles. The minimum absolute atomic E-state index is 0.773. The number of anilines is 1.